The average Bonchev–Trinajstić information content (AvgIpc) is 2.72. The molecule has 0 atom stereocenters. The number of benzene rings is 1. The first kappa shape index (κ1) is 12.6. The van der Waals surface area contributed by atoms with Gasteiger partial charge in [0.15, 0.2) is 5.78 Å². The molecule has 1 fully saturated rings. The summed E-state index contributed by atoms with van der Waals surface area (Å²) >= 11 is 5.60. The van der Waals surface area contributed by atoms with Gasteiger partial charge in [-0.1, -0.05) is 18.2 Å². The lowest BCUT2D eigenvalue weighted by atomic mass is 9.83. The zero-order valence-corrected chi connectivity index (χ0v) is 11.1. The van der Waals surface area contributed by atoms with Gasteiger partial charge in [0.25, 0.3) is 0 Å². The van der Waals surface area contributed by atoms with Crippen molar-refractivity contribution in [2.45, 2.75) is 18.4 Å². The lowest BCUT2D eigenvalue weighted by Crippen LogP contribution is -2.39. The Kier molecular flexibility index (Phi) is 3.07. The van der Waals surface area contributed by atoms with E-state index in [4.69, 9.17) is 16.3 Å². The van der Waals surface area contributed by atoms with Gasteiger partial charge in [0.05, 0.1) is 11.4 Å². The van der Waals surface area contributed by atoms with E-state index in [0.717, 1.165) is 31.5 Å². The molecule has 0 aliphatic carbocycles. The number of rotatable bonds is 2. The van der Waals surface area contributed by atoms with Gasteiger partial charge in [-0.3, -0.25) is 4.79 Å². The van der Waals surface area contributed by atoms with E-state index in [1.807, 2.05) is 6.07 Å². The third kappa shape index (κ3) is 1.86. The molecule has 19 heavy (non-hydrogen) atoms. The van der Waals surface area contributed by atoms with E-state index in [1.54, 1.807) is 12.1 Å². The molecule has 1 saturated heterocycles. The van der Waals surface area contributed by atoms with E-state index in [1.165, 1.54) is 0 Å². The molecule has 5 heteroatoms. The van der Waals surface area contributed by atoms with Crippen LogP contribution >= 0.6 is 11.6 Å². The highest BCUT2D eigenvalue weighted by Gasteiger charge is 2.47. The van der Waals surface area contributed by atoms with E-state index in [2.05, 4.69) is 5.32 Å². The highest BCUT2D eigenvalue weighted by Crippen LogP contribution is 2.43. The van der Waals surface area contributed by atoms with Gasteiger partial charge in [0, 0.05) is 24.0 Å². The number of alkyl halides is 1. The standard InChI is InChI=1S/C14H14ClNO3/c15-8-11(17)9-2-1-3-10-12(9)13(18)19-14(10)4-6-16-7-5-14/h1-3,16H,4-8H2. The SMILES string of the molecule is O=C(CCl)c1cccc2c1C(=O)OC21CCNCC1. The summed E-state index contributed by atoms with van der Waals surface area (Å²) in [5, 5.41) is 3.25. The van der Waals surface area contributed by atoms with Crippen LogP contribution in [0.3, 0.4) is 0 Å². The van der Waals surface area contributed by atoms with Gasteiger partial charge >= 0.3 is 5.97 Å². The highest BCUT2D eigenvalue weighted by molar-refractivity contribution is 6.31. The van der Waals surface area contributed by atoms with Gasteiger partial charge in [-0.05, 0) is 13.1 Å². The smallest absolute Gasteiger partial charge is 0.340 e. The lowest BCUT2D eigenvalue weighted by Gasteiger charge is -2.33. The fourth-order valence-electron chi connectivity index (χ4n) is 2.94. The van der Waals surface area contributed by atoms with Crippen LogP contribution in [-0.2, 0) is 10.3 Å². The minimum absolute atomic E-state index is 0.127. The van der Waals surface area contributed by atoms with Crippen LogP contribution in [0.1, 0.15) is 39.1 Å². The largest absolute Gasteiger partial charge is 0.450 e. The summed E-state index contributed by atoms with van der Waals surface area (Å²) < 4.78 is 5.62. The highest BCUT2D eigenvalue weighted by atomic mass is 35.5. The number of ketones is 1. The van der Waals surface area contributed by atoms with Gasteiger partial charge in [-0.25, -0.2) is 4.79 Å². The number of piperidine rings is 1. The summed E-state index contributed by atoms with van der Waals surface area (Å²) in [6.45, 7) is 1.61. The predicted molar refractivity (Wildman–Crippen MR) is 70.7 cm³/mol. The summed E-state index contributed by atoms with van der Waals surface area (Å²) in [6, 6.07) is 5.33. The van der Waals surface area contributed by atoms with Crippen LogP contribution in [0.4, 0.5) is 0 Å². The van der Waals surface area contributed by atoms with E-state index < -0.39 is 11.6 Å². The molecule has 0 unspecified atom stereocenters. The quantitative estimate of drug-likeness (QED) is 0.510. The number of carbonyl (C=O) groups excluding carboxylic acids is 2. The Morgan fingerprint density at radius 1 is 1.37 bits per heavy atom. The van der Waals surface area contributed by atoms with Crippen LogP contribution < -0.4 is 5.32 Å². The molecule has 2 aliphatic heterocycles. The monoisotopic (exact) mass is 279 g/mol. The Morgan fingerprint density at radius 3 is 2.79 bits per heavy atom. The molecular formula is C14H14ClNO3. The van der Waals surface area contributed by atoms with Crippen LogP contribution in [0, 0.1) is 0 Å². The van der Waals surface area contributed by atoms with Crippen LogP contribution in [-0.4, -0.2) is 30.7 Å². The molecule has 0 radical (unpaired) electrons. The number of fused-ring (bicyclic) bond motifs is 2. The molecule has 0 bridgehead atoms. The maximum Gasteiger partial charge on any atom is 0.340 e. The topological polar surface area (TPSA) is 55.4 Å². The maximum atomic E-state index is 12.1. The molecule has 100 valence electrons. The van der Waals surface area contributed by atoms with Crippen molar-refractivity contribution in [2.24, 2.45) is 0 Å². The zero-order valence-electron chi connectivity index (χ0n) is 10.4. The number of ether oxygens (including phenoxy) is 1. The first-order valence-electron chi connectivity index (χ1n) is 6.35. The number of nitrogens with one attached hydrogen (secondary N) is 1. The Morgan fingerprint density at radius 2 is 2.11 bits per heavy atom. The van der Waals surface area contributed by atoms with E-state index >= 15 is 0 Å². The van der Waals surface area contributed by atoms with Crippen molar-refractivity contribution in [3.05, 3.63) is 34.9 Å². The molecule has 2 aliphatic rings. The van der Waals surface area contributed by atoms with Crippen molar-refractivity contribution in [1.82, 2.24) is 5.32 Å². The summed E-state index contributed by atoms with van der Waals surface area (Å²) in [7, 11) is 0. The number of hydrogen-bond donors (Lipinski definition) is 1. The molecule has 3 rings (SSSR count). The first-order chi connectivity index (χ1) is 9.18. The molecule has 0 amide bonds. The minimum Gasteiger partial charge on any atom is -0.450 e. The molecule has 1 aromatic carbocycles. The van der Waals surface area contributed by atoms with Crippen molar-refractivity contribution in [3.8, 4) is 0 Å². The normalized spacial score (nSPS) is 20.2. The maximum absolute atomic E-state index is 12.1. The molecule has 0 saturated carbocycles. The van der Waals surface area contributed by atoms with E-state index in [9.17, 15) is 9.59 Å². The summed E-state index contributed by atoms with van der Waals surface area (Å²) in [5.74, 6) is -0.759. The number of hydrogen-bond acceptors (Lipinski definition) is 4. The van der Waals surface area contributed by atoms with Gasteiger partial charge in [0.1, 0.15) is 5.60 Å². The second-order valence-electron chi connectivity index (χ2n) is 4.92. The van der Waals surface area contributed by atoms with E-state index in [0.29, 0.717) is 11.1 Å². The Labute approximate surface area is 116 Å². The van der Waals surface area contributed by atoms with Crippen molar-refractivity contribution in [2.75, 3.05) is 19.0 Å². The minimum atomic E-state index is -0.555. The summed E-state index contributed by atoms with van der Waals surface area (Å²) in [6.07, 6.45) is 1.48. The Balaban J connectivity index is 2.13. The van der Waals surface area contributed by atoms with Crippen molar-refractivity contribution in [1.29, 1.82) is 0 Å². The van der Waals surface area contributed by atoms with Gasteiger partial charge < -0.3 is 10.1 Å². The van der Waals surface area contributed by atoms with Gasteiger partial charge in [-0.15, -0.1) is 11.6 Å². The fraction of sp³-hybridized carbons (Fsp3) is 0.429. The lowest BCUT2D eigenvalue weighted by molar-refractivity contribution is -0.0242. The van der Waals surface area contributed by atoms with Gasteiger partial charge in [0.2, 0.25) is 0 Å². The molecule has 1 aromatic rings. The van der Waals surface area contributed by atoms with E-state index in [-0.39, 0.29) is 11.7 Å². The summed E-state index contributed by atoms with van der Waals surface area (Å²) in [5.41, 5.74) is 1.08. The summed E-state index contributed by atoms with van der Waals surface area (Å²) in [4.78, 5) is 24.0. The Hall–Kier alpha value is -1.39. The molecule has 1 N–H and O–H groups in total. The third-order valence-corrected chi connectivity index (χ3v) is 4.12. The molecule has 1 spiro atoms. The number of Topliss-reactive ketones (excluding diaryl/α,β-unsaturated/α-hetero) is 1. The van der Waals surface area contributed by atoms with Crippen molar-refractivity contribution < 1.29 is 14.3 Å². The van der Waals surface area contributed by atoms with Crippen LogP contribution in [0.25, 0.3) is 0 Å². The fourth-order valence-corrected chi connectivity index (χ4v) is 3.09. The third-order valence-electron chi connectivity index (χ3n) is 3.88. The Bertz CT molecular complexity index is 550. The predicted octanol–water partition coefficient (Wildman–Crippen LogP) is 1.86. The number of carbonyl (C=O) groups is 2. The second-order valence-corrected chi connectivity index (χ2v) is 5.19. The average molecular weight is 280 g/mol. The molecular weight excluding hydrogens is 266 g/mol. The van der Waals surface area contributed by atoms with Gasteiger partial charge in [-0.2, -0.15) is 0 Å². The van der Waals surface area contributed by atoms with Crippen LogP contribution in [0.2, 0.25) is 0 Å². The van der Waals surface area contributed by atoms with Crippen LogP contribution in [0.5, 0.6) is 0 Å². The zero-order chi connectivity index (χ0) is 13.5. The molecule has 2 heterocycles. The number of esters is 1. The first-order valence-corrected chi connectivity index (χ1v) is 6.88. The second kappa shape index (κ2) is 4.62. The molecule has 4 nitrogen and oxygen atoms in total. The van der Waals surface area contributed by atoms with Crippen molar-refractivity contribution >= 4 is 23.4 Å². The molecule has 0 aromatic heterocycles. The number of halogens is 1. The van der Waals surface area contributed by atoms with Crippen molar-refractivity contribution in [3.63, 3.8) is 0 Å². The van der Waals surface area contributed by atoms with Crippen LogP contribution in [0.15, 0.2) is 18.2 Å².